The van der Waals surface area contributed by atoms with Gasteiger partial charge >= 0.3 is 5.97 Å². The monoisotopic (exact) mass is 327 g/mol. The highest BCUT2D eigenvalue weighted by molar-refractivity contribution is 8.00. The molecular formula is C18H17NO3S. The molecule has 2 aromatic rings. The Morgan fingerprint density at radius 1 is 1.17 bits per heavy atom. The van der Waals surface area contributed by atoms with Gasteiger partial charge in [-0.1, -0.05) is 30.3 Å². The quantitative estimate of drug-likeness (QED) is 0.804. The summed E-state index contributed by atoms with van der Waals surface area (Å²) in [6, 6.07) is 17.0. The molecule has 0 N–H and O–H groups in total. The van der Waals surface area contributed by atoms with Gasteiger partial charge in [-0.2, -0.15) is 0 Å². The van der Waals surface area contributed by atoms with E-state index in [2.05, 4.69) is 0 Å². The van der Waals surface area contributed by atoms with Crippen LogP contribution in [-0.4, -0.2) is 24.2 Å². The zero-order valence-electron chi connectivity index (χ0n) is 12.8. The number of nitrogens with zero attached hydrogens (tertiary/aromatic N) is 1. The fraction of sp³-hybridized carbons (Fsp3) is 0.222. The predicted octanol–water partition coefficient (Wildman–Crippen LogP) is 3.64. The van der Waals surface area contributed by atoms with E-state index in [9.17, 15) is 9.59 Å². The minimum atomic E-state index is -0.346. The molecule has 118 valence electrons. The van der Waals surface area contributed by atoms with Crippen LogP contribution in [-0.2, 0) is 9.53 Å². The van der Waals surface area contributed by atoms with Gasteiger partial charge in [0.2, 0.25) is 5.91 Å². The van der Waals surface area contributed by atoms with Crippen LogP contribution in [0.25, 0.3) is 0 Å². The van der Waals surface area contributed by atoms with E-state index < -0.39 is 0 Å². The summed E-state index contributed by atoms with van der Waals surface area (Å²) in [5.74, 6) is 0.188. The second-order valence-electron chi connectivity index (χ2n) is 5.11. The largest absolute Gasteiger partial charge is 0.462 e. The first-order valence-electron chi connectivity index (χ1n) is 7.46. The summed E-state index contributed by atoms with van der Waals surface area (Å²) in [7, 11) is 0. The molecule has 1 atom stereocenters. The first kappa shape index (κ1) is 15.6. The molecule has 1 heterocycles. The molecule has 0 aromatic heterocycles. The third kappa shape index (κ3) is 3.24. The zero-order chi connectivity index (χ0) is 16.2. The Hall–Kier alpha value is -2.27. The molecular weight excluding hydrogens is 310 g/mol. The van der Waals surface area contributed by atoms with Crippen LogP contribution in [0.3, 0.4) is 0 Å². The Morgan fingerprint density at radius 3 is 2.52 bits per heavy atom. The van der Waals surface area contributed by atoms with Crippen molar-refractivity contribution in [2.24, 2.45) is 0 Å². The van der Waals surface area contributed by atoms with Crippen molar-refractivity contribution in [3.8, 4) is 0 Å². The normalized spacial score (nSPS) is 17.3. The second-order valence-corrected chi connectivity index (χ2v) is 6.17. The lowest BCUT2D eigenvalue weighted by atomic mass is 10.1. The van der Waals surface area contributed by atoms with Gasteiger partial charge in [-0.3, -0.25) is 9.69 Å². The summed E-state index contributed by atoms with van der Waals surface area (Å²) >= 11 is 1.61. The van der Waals surface area contributed by atoms with Crippen LogP contribution >= 0.6 is 11.8 Å². The lowest BCUT2D eigenvalue weighted by Crippen LogP contribution is -2.27. The Bertz CT molecular complexity index is 700. The van der Waals surface area contributed by atoms with E-state index in [1.165, 1.54) is 0 Å². The van der Waals surface area contributed by atoms with Crippen molar-refractivity contribution in [1.29, 1.82) is 0 Å². The number of hydrogen-bond donors (Lipinski definition) is 0. The van der Waals surface area contributed by atoms with E-state index in [-0.39, 0.29) is 17.3 Å². The van der Waals surface area contributed by atoms with Gasteiger partial charge in [0, 0.05) is 5.69 Å². The van der Waals surface area contributed by atoms with Gasteiger partial charge in [0.1, 0.15) is 5.37 Å². The lowest BCUT2D eigenvalue weighted by Gasteiger charge is -2.24. The standard InChI is InChI=1S/C18H17NO3S/c1-2-22-18(21)14-8-10-15(11-9-14)19-16(20)12-23-17(19)13-6-4-3-5-7-13/h3-11,17H,2,12H2,1H3/t17-/m0/s1. The minimum absolute atomic E-state index is 0.0304. The van der Waals surface area contributed by atoms with Crippen LogP contribution in [0.1, 0.15) is 28.2 Å². The highest BCUT2D eigenvalue weighted by Gasteiger charge is 2.33. The Kier molecular flexibility index (Phi) is 4.67. The molecule has 1 saturated heterocycles. The fourth-order valence-corrected chi connectivity index (χ4v) is 3.72. The van der Waals surface area contributed by atoms with Crippen LogP contribution < -0.4 is 4.90 Å². The maximum absolute atomic E-state index is 12.3. The first-order valence-corrected chi connectivity index (χ1v) is 8.51. The molecule has 3 rings (SSSR count). The smallest absolute Gasteiger partial charge is 0.338 e. The number of carbonyl (C=O) groups is 2. The van der Waals surface area contributed by atoms with E-state index >= 15 is 0 Å². The fourth-order valence-electron chi connectivity index (χ4n) is 2.54. The van der Waals surface area contributed by atoms with Crippen LogP contribution in [0.15, 0.2) is 54.6 Å². The van der Waals surface area contributed by atoms with Gasteiger partial charge in [0.15, 0.2) is 0 Å². The number of hydrogen-bond acceptors (Lipinski definition) is 4. The summed E-state index contributed by atoms with van der Waals surface area (Å²) in [4.78, 5) is 25.8. The van der Waals surface area contributed by atoms with E-state index in [1.807, 2.05) is 30.3 Å². The van der Waals surface area contributed by atoms with Crippen LogP contribution in [0.2, 0.25) is 0 Å². The number of carbonyl (C=O) groups excluding carboxylic acids is 2. The summed E-state index contributed by atoms with van der Waals surface area (Å²) in [5, 5.41) is -0.0304. The topological polar surface area (TPSA) is 46.6 Å². The summed E-state index contributed by atoms with van der Waals surface area (Å²) in [6.07, 6.45) is 0. The van der Waals surface area contributed by atoms with E-state index in [0.29, 0.717) is 17.9 Å². The van der Waals surface area contributed by atoms with Crippen molar-refractivity contribution in [3.05, 3.63) is 65.7 Å². The SMILES string of the molecule is CCOC(=O)c1ccc(N2C(=O)CS[C@H]2c2ccccc2)cc1. The Morgan fingerprint density at radius 2 is 1.87 bits per heavy atom. The van der Waals surface area contributed by atoms with Gasteiger partial charge in [0.25, 0.3) is 0 Å². The maximum atomic E-state index is 12.3. The van der Waals surface area contributed by atoms with Crippen LogP contribution in [0.5, 0.6) is 0 Å². The number of benzene rings is 2. The number of rotatable bonds is 4. The molecule has 0 aliphatic carbocycles. The highest BCUT2D eigenvalue weighted by atomic mass is 32.2. The molecule has 0 radical (unpaired) electrons. The molecule has 1 aliphatic rings. The first-order chi connectivity index (χ1) is 11.2. The predicted molar refractivity (Wildman–Crippen MR) is 91.5 cm³/mol. The summed E-state index contributed by atoms with van der Waals surface area (Å²) < 4.78 is 4.98. The Labute approximate surface area is 139 Å². The van der Waals surface area contributed by atoms with E-state index in [0.717, 1.165) is 11.3 Å². The van der Waals surface area contributed by atoms with Crippen molar-refractivity contribution >= 4 is 29.3 Å². The molecule has 23 heavy (non-hydrogen) atoms. The molecule has 4 nitrogen and oxygen atoms in total. The van der Waals surface area contributed by atoms with Crippen molar-refractivity contribution < 1.29 is 14.3 Å². The third-order valence-electron chi connectivity index (χ3n) is 3.61. The average molecular weight is 327 g/mol. The number of amides is 1. The van der Waals surface area contributed by atoms with Crippen molar-refractivity contribution in [2.75, 3.05) is 17.3 Å². The second kappa shape index (κ2) is 6.87. The van der Waals surface area contributed by atoms with Gasteiger partial charge < -0.3 is 4.74 Å². The lowest BCUT2D eigenvalue weighted by molar-refractivity contribution is -0.115. The maximum Gasteiger partial charge on any atom is 0.338 e. The number of thioether (sulfide) groups is 1. The molecule has 0 saturated carbocycles. The van der Waals surface area contributed by atoms with Crippen molar-refractivity contribution in [3.63, 3.8) is 0 Å². The number of ether oxygens (including phenoxy) is 1. The molecule has 0 spiro atoms. The van der Waals surface area contributed by atoms with Crippen molar-refractivity contribution in [1.82, 2.24) is 0 Å². The van der Waals surface area contributed by atoms with Crippen LogP contribution in [0.4, 0.5) is 5.69 Å². The number of esters is 1. The van der Waals surface area contributed by atoms with Gasteiger partial charge in [-0.25, -0.2) is 4.79 Å². The molecule has 0 bridgehead atoms. The zero-order valence-corrected chi connectivity index (χ0v) is 13.6. The molecule has 1 amide bonds. The van der Waals surface area contributed by atoms with Crippen molar-refractivity contribution in [2.45, 2.75) is 12.3 Å². The minimum Gasteiger partial charge on any atom is -0.462 e. The van der Waals surface area contributed by atoms with Crippen LogP contribution in [0, 0.1) is 0 Å². The Balaban J connectivity index is 1.86. The van der Waals surface area contributed by atoms with Gasteiger partial charge in [0.05, 0.1) is 17.9 Å². The highest BCUT2D eigenvalue weighted by Crippen LogP contribution is 2.41. The van der Waals surface area contributed by atoms with E-state index in [4.69, 9.17) is 4.74 Å². The molecule has 2 aromatic carbocycles. The van der Waals surface area contributed by atoms with Gasteiger partial charge in [-0.15, -0.1) is 11.8 Å². The molecule has 1 aliphatic heterocycles. The molecule has 0 unspecified atom stereocenters. The average Bonchev–Trinajstić information content (AvgIpc) is 2.97. The van der Waals surface area contributed by atoms with E-state index in [1.54, 1.807) is 47.9 Å². The molecule has 1 fully saturated rings. The molecule has 5 heteroatoms. The third-order valence-corrected chi connectivity index (χ3v) is 4.82. The van der Waals surface area contributed by atoms with Gasteiger partial charge in [-0.05, 0) is 36.8 Å². The number of anilines is 1. The summed E-state index contributed by atoms with van der Waals surface area (Å²) in [5.41, 5.74) is 2.38. The summed E-state index contributed by atoms with van der Waals surface area (Å²) in [6.45, 7) is 2.12.